The van der Waals surface area contributed by atoms with E-state index in [-0.39, 0.29) is 0 Å². The van der Waals surface area contributed by atoms with E-state index in [0.29, 0.717) is 0 Å². The molecule has 1 unspecified atom stereocenters. The molecule has 1 atom stereocenters. The molecule has 0 aliphatic rings. The molecule has 0 radical (unpaired) electrons. The van der Waals surface area contributed by atoms with Gasteiger partial charge in [-0.3, -0.25) is 14.2 Å². The number of carbonyl (C=O) groups is 2. The van der Waals surface area contributed by atoms with Gasteiger partial charge in [0.05, 0.1) is 6.42 Å². The molecule has 82 valence electrons. The fourth-order valence-corrected chi connectivity index (χ4v) is 0.933. The van der Waals surface area contributed by atoms with Crippen LogP contribution in [0.1, 0.15) is 6.42 Å². The van der Waals surface area contributed by atoms with Crippen LogP contribution in [0.3, 0.4) is 0 Å². The summed E-state index contributed by atoms with van der Waals surface area (Å²) in [7, 11) is -4.31. The summed E-state index contributed by atoms with van der Waals surface area (Å²) in [6.45, 7) is 0. The topological polar surface area (TPSA) is 150 Å². The maximum atomic E-state index is 10.8. The molecule has 8 nitrogen and oxygen atoms in total. The zero-order valence-corrected chi connectivity index (χ0v) is 7.98. The Morgan fingerprint density at radius 3 is 2.29 bits per heavy atom. The first kappa shape index (κ1) is 13.1. The van der Waals surface area contributed by atoms with Gasteiger partial charge >= 0.3 is 13.6 Å². The molecule has 0 saturated carbocycles. The minimum absolute atomic E-state index is 0.519. The summed E-state index contributed by atoms with van der Waals surface area (Å²) >= 11 is 0. The predicted molar refractivity (Wildman–Crippen MR) is 45.3 cm³/mol. The molecule has 0 aliphatic carbocycles. The maximum absolute atomic E-state index is 10.8. The quantitative estimate of drug-likeness (QED) is 0.341. The smallest absolute Gasteiger partial charge is 0.344 e. The van der Waals surface area contributed by atoms with Crippen molar-refractivity contribution in [3.05, 3.63) is 0 Å². The van der Waals surface area contributed by atoms with E-state index in [4.69, 9.17) is 20.6 Å². The second-order valence-corrected chi connectivity index (χ2v) is 4.22. The zero-order chi connectivity index (χ0) is 11.4. The molecule has 6 N–H and O–H groups in total. The van der Waals surface area contributed by atoms with Crippen LogP contribution in [0.4, 0.5) is 0 Å². The van der Waals surface area contributed by atoms with Gasteiger partial charge in [0.25, 0.3) is 0 Å². The van der Waals surface area contributed by atoms with Crippen molar-refractivity contribution < 1.29 is 29.0 Å². The van der Waals surface area contributed by atoms with Gasteiger partial charge in [0.2, 0.25) is 5.91 Å². The highest BCUT2D eigenvalue weighted by Gasteiger charge is 2.19. The van der Waals surface area contributed by atoms with E-state index in [1.165, 1.54) is 0 Å². The van der Waals surface area contributed by atoms with Crippen LogP contribution < -0.4 is 11.1 Å². The minimum atomic E-state index is -4.31. The van der Waals surface area contributed by atoms with Gasteiger partial charge in [-0.05, 0) is 0 Å². The van der Waals surface area contributed by atoms with Gasteiger partial charge in [-0.1, -0.05) is 0 Å². The Morgan fingerprint density at radius 2 is 1.93 bits per heavy atom. The first-order valence-electron chi connectivity index (χ1n) is 3.52. The van der Waals surface area contributed by atoms with Crippen molar-refractivity contribution in [1.82, 2.24) is 5.32 Å². The van der Waals surface area contributed by atoms with Crippen molar-refractivity contribution >= 4 is 19.5 Å². The number of aliphatic carboxylic acids is 1. The van der Waals surface area contributed by atoms with E-state index in [1.54, 1.807) is 0 Å². The van der Waals surface area contributed by atoms with Crippen LogP contribution in [0.15, 0.2) is 0 Å². The molecule has 0 aromatic heterocycles. The van der Waals surface area contributed by atoms with Gasteiger partial charge in [-0.2, -0.15) is 0 Å². The number of nitrogens with two attached hydrogens (primary N) is 1. The van der Waals surface area contributed by atoms with Crippen LogP contribution in [0, 0.1) is 0 Å². The molecule has 0 aromatic carbocycles. The van der Waals surface area contributed by atoms with E-state index in [9.17, 15) is 14.2 Å². The summed E-state index contributed by atoms with van der Waals surface area (Å²) in [4.78, 5) is 37.7. The second-order valence-electron chi connectivity index (χ2n) is 2.57. The van der Waals surface area contributed by atoms with E-state index < -0.39 is 38.2 Å². The predicted octanol–water partition coefficient (Wildman–Crippen LogP) is -1.96. The van der Waals surface area contributed by atoms with Crippen molar-refractivity contribution in [3.63, 3.8) is 0 Å². The molecular formula is C5H11N2O6P. The average molecular weight is 226 g/mol. The van der Waals surface area contributed by atoms with Gasteiger partial charge in [-0.15, -0.1) is 0 Å². The zero-order valence-electron chi connectivity index (χ0n) is 7.08. The Balaban J connectivity index is 3.89. The van der Waals surface area contributed by atoms with E-state index in [0.717, 1.165) is 0 Å². The number of carbonyl (C=O) groups excluding carboxylic acids is 1. The van der Waals surface area contributed by atoms with E-state index in [2.05, 4.69) is 0 Å². The van der Waals surface area contributed by atoms with Crippen LogP contribution in [0.2, 0.25) is 0 Å². The molecule has 0 bridgehead atoms. The third kappa shape index (κ3) is 6.55. The lowest BCUT2D eigenvalue weighted by molar-refractivity contribution is -0.140. The molecule has 0 spiro atoms. The highest BCUT2D eigenvalue weighted by Crippen LogP contribution is 2.31. The molecular weight excluding hydrogens is 215 g/mol. The third-order valence-electron chi connectivity index (χ3n) is 1.20. The van der Waals surface area contributed by atoms with Crippen LogP contribution in [-0.4, -0.2) is 39.1 Å². The second kappa shape index (κ2) is 5.06. The maximum Gasteiger partial charge on any atom is 0.344 e. The lowest BCUT2D eigenvalue weighted by Gasteiger charge is -2.08. The molecule has 0 rings (SSSR count). The summed E-state index contributed by atoms with van der Waals surface area (Å²) < 4.78 is 10.3. The number of amides is 1. The number of nitrogens with one attached hydrogen (secondary N) is 1. The third-order valence-corrected chi connectivity index (χ3v) is 1.77. The van der Waals surface area contributed by atoms with Gasteiger partial charge in [0.1, 0.15) is 12.3 Å². The summed E-state index contributed by atoms with van der Waals surface area (Å²) in [6.07, 6.45) is -1.34. The van der Waals surface area contributed by atoms with E-state index >= 15 is 0 Å². The lowest BCUT2D eigenvalue weighted by Crippen LogP contribution is -2.37. The molecule has 14 heavy (non-hydrogen) atoms. The first-order chi connectivity index (χ1) is 6.22. The summed E-state index contributed by atoms with van der Waals surface area (Å²) in [6, 6.07) is -1.37. The number of carboxylic acid groups (broad SMARTS) is 1. The Hall–Kier alpha value is -0.950. The van der Waals surface area contributed by atoms with Gasteiger partial charge in [0.15, 0.2) is 0 Å². The molecule has 0 aromatic rings. The molecule has 0 saturated heterocycles. The molecule has 9 heteroatoms. The van der Waals surface area contributed by atoms with Crippen molar-refractivity contribution in [2.45, 2.75) is 12.5 Å². The molecule has 0 aliphatic heterocycles. The number of hydrogen-bond acceptors (Lipinski definition) is 4. The van der Waals surface area contributed by atoms with Crippen molar-refractivity contribution in [3.8, 4) is 0 Å². The standard InChI is InChI=1S/C5H11N2O6P/c6-3(5(9)10)1-4(8)7-2-14(11,12)13/h3H,1-2,6H2,(H,7,8)(H,9,10)(H2,11,12,13). The fraction of sp³-hybridized carbons (Fsp3) is 0.600. The van der Waals surface area contributed by atoms with Gasteiger partial charge in [-0.25, -0.2) is 0 Å². The fourth-order valence-electron chi connectivity index (χ4n) is 0.550. The lowest BCUT2D eigenvalue weighted by atomic mass is 10.2. The summed E-state index contributed by atoms with van der Waals surface area (Å²) in [5.74, 6) is -2.17. The van der Waals surface area contributed by atoms with Crippen molar-refractivity contribution in [2.75, 3.05) is 6.29 Å². The summed E-state index contributed by atoms with van der Waals surface area (Å²) in [5, 5.41) is 10.2. The van der Waals surface area contributed by atoms with Crippen LogP contribution in [0.25, 0.3) is 0 Å². The highest BCUT2D eigenvalue weighted by atomic mass is 31.2. The SMILES string of the molecule is NC(CC(=O)NCP(=O)(O)O)C(=O)O. The Morgan fingerprint density at radius 1 is 1.43 bits per heavy atom. The van der Waals surface area contributed by atoms with Crippen molar-refractivity contribution in [1.29, 1.82) is 0 Å². The Bertz CT molecular complexity index is 273. The Kier molecular flexibility index (Phi) is 4.72. The number of rotatable bonds is 5. The van der Waals surface area contributed by atoms with Gasteiger partial charge in [0, 0.05) is 0 Å². The normalized spacial score (nSPS) is 13.4. The average Bonchev–Trinajstić information content (AvgIpc) is 1.99. The van der Waals surface area contributed by atoms with Crippen LogP contribution in [0.5, 0.6) is 0 Å². The van der Waals surface area contributed by atoms with Crippen LogP contribution in [-0.2, 0) is 14.2 Å². The molecule has 0 fully saturated rings. The Labute approximate surface area is 79.3 Å². The molecule has 0 heterocycles. The number of carboxylic acids is 1. The van der Waals surface area contributed by atoms with Crippen molar-refractivity contribution in [2.24, 2.45) is 5.73 Å². The summed E-state index contributed by atoms with van der Waals surface area (Å²) in [5.41, 5.74) is 5.00. The number of hydrogen-bond donors (Lipinski definition) is 5. The first-order valence-corrected chi connectivity index (χ1v) is 5.32. The monoisotopic (exact) mass is 226 g/mol. The largest absolute Gasteiger partial charge is 0.480 e. The van der Waals surface area contributed by atoms with Gasteiger partial charge < -0.3 is 25.9 Å². The molecule has 1 amide bonds. The van der Waals surface area contributed by atoms with Crippen LogP contribution >= 0.6 is 7.60 Å². The minimum Gasteiger partial charge on any atom is -0.480 e. The highest BCUT2D eigenvalue weighted by molar-refractivity contribution is 7.51. The van der Waals surface area contributed by atoms with E-state index in [1.807, 2.05) is 5.32 Å².